The third-order valence-corrected chi connectivity index (χ3v) is 5.35. The summed E-state index contributed by atoms with van der Waals surface area (Å²) in [4.78, 5) is 16.6. The van der Waals surface area contributed by atoms with Gasteiger partial charge in [-0.1, -0.05) is 0 Å². The van der Waals surface area contributed by atoms with E-state index in [1.807, 2.05) is 0 Å². The molecule has 0 unspecified atom stereocenters. The van der Waals surface area contributed by atoms with Crippen LogP contribution in [0.15, 0.2) is 30.3 Å². The van der Waals surface area contributed by atoms with E-state index in [0.29, 0.717) is 18.7 Å². The first kappa shape index (κ1) is 18.6. The summed E-state index contributed by atoms with van der Waals surface area (Å²) in [5.41, 5.74) is -1.12. The number of amides is 1. The van der Waals surface area contributed by atoms with Crippen LogP contribution in [0.2, 0.25) is 0 Å². The lowest BCUT2D eigenvalue weighted by molar-refractivity contribution is 0.0737. The molecular formula is C20H20F2N2O4. The SMILES string of the molecule is CC(C)(O)c1cc(O[C@@H]2[C@@H]3CN(C(=O)O)C[C@@H]32)nc(-c2ccc(F)cc2)c1F. The van der Waals surface area contributed by atoms with Crippen LogP contribution in [0.4, 0.5) is 13.6 Å². The fourth-order valence-electron chi connectivity index (χ4n) is 3.75. The van der Waals surface area contributed by atoms with Crippen LogP contribution in [0, 0.1) is 23.5 Å². The Bertz CT molecular complexity index is 915. The molecule has 1 aromatic heterocycles. The Balaban J connectivity index is 1.64. The molecule has 6 nitrogen and oxygen atoms in total. The molecule has 2 aliphatic rings. The normalized spacial score (nSPS) is 23.5. The highest BCUT2D eigenvalue weighted by Gasteiger charge is 2.59. The molecule has 28 heavy (non-hydrogen) atoms. The Labute approximate surface area is 160 Å². The number of hydrogen-bond acceptors (Lipinski definition) is 4. The third-order valence-electron chi connectivity index (χ3n) is 5.35. The number of carbonyl (C=O) groups is 1. The van der Waals surface area contributed by atoms with Crippen molar-refractivity contribution in [1.82, 2.24) is 9.88 Å². The number of nitrogens with zero attached hydrogens (tertiary/aromatic N) is 2. The first-order chi connectivity index (χ1) is 13.1. The summed E-state index contributed by atoms with van der Waals surface area (Å²) in [6.07, 6.45) is -1.14. The quantitative estimate of drug-likeness (QED) is 0.838. The zero-order chi connectivity index (χ0) is 20.2. The molecule has 0 radical (unpaired) electrons. The van der Waals surface area contributed by atoms with E-state index in [0.717, 1.165) is 0 Å². The number of benzene rings is 1. The summed E-state index contributed by atoms with van der Waals surface area (Å²) in [6, 6.07) is 6.61. The van der Waals surface area contributed by atoms with Gasteiger partial charge in [0.1, 0.15) is 17.6 Å². The van der Waals surface area contributed by atoms with E-state index in [4.69, 9.17) is 9.84 Å². The number of aromatic nitrogens is 1. The van der Waals surface area contributed by atoms with Crippen molar-refractivity contribution in [3.05, 3.63) is 47.5 Å². The van der Waals surface area contributed by atoms with Crippen molar-refractivity contribution in [2.24, 2.45) is 11.8 Å². The second kappa shape index (κ2) is 6.41. The van der Waals surface area contributed by atoms with Crippen LogP contribution >= 0.6 is 0 Å². The lowest BCUT2D eigenvalue weighted by Gasteiger charge is -2.22. The Kier molecular flexibility index (Phi) is 4.26. The molecular weight excluding hydrogens is 370 g/mol. The van der Waals surface area contributed by atoms with Crippen molar-refractivity contribution < 1.29 is 28.5 Å². The number of hydrogen-bond donors (Lipinski definition) is 2. The Morgan fingerprint density at radius 1 is 1.21 bits per heavy atom. The minimum atomic E-state index is -1.47. The number of aliphatic hydroxyl groups is 1. The molecule has 1 saturated carbocycles. The summed E-state index contributed by atoms with van der Waals surface area (Å²) in [6.45, 7) is 3.71. The van der Waals surface area contributed by atoms with Crippen LogP contribution in [0.5, 0.6) is 5.88 Å². The molecule has 3 atom stereocenters. The molecule has 1 aliphatic carbocycles. The largest absolute Gasteiger partial charge is 0.474 e. The zero-order valence-corrected chi connectivity index (χ0v) is 15.4. The number of likely N-dealkylation sites (tertiary alicyclic amines) is 1. The maximum absolute atomic E-state index is 15.0. The van der Waals surface area contributed by atoms with Crippen molar-refractivity contribution in [3.8, 4) is 17.1 Å². The topological polar surface area (TPSA) is 82.9 Å². The summed E-state index contributed by atoms with van der Waals surface area (Å²) < 4.78 is 34.2. The predicted molar refractivity (Wildman–Crippen MR) is 95.8 cm³/mol. The van der Waals surface area contributed by atoms with Crippen LogP contribution in [0.25, 0.3) is 11.3 Å². The Hall–Kier alpha value is -2.74. The molecule has 4 rings (SSSR count). The third kappa shape index (κ3) is 3.28. The van der Waals surface area contributed by atoms with E-state index in [1.165, 1.54) is 49.1 Å². The van der Waals surface area contributed by atoms with E-state index in [9.17, 15) is 14.3 Å². The molecule has 1 amide bonds. The number of rotatable bonds is 4. The van der Waals surface area contributed by atoms with E-state index in [1.54, 1.807) is 0 Å². The van der Waals surface area contributed by atoms with Crippen LogP contribution < -0.4 is 4.74 Å². The minimum Gasteiger partial charge on any atom is -0.474 e. The van der Waals surface area contributed by atoms with Gasteiger partial charge < -0.3 is 19.8 Å². The number of fused-ring (bicyclic) bond motifs is 1. The molecule has 1 aliphatic heterocycles. The van der Waals surface area contributed by atoms with E-state index < -0.39 is 23.3 Å². The van der Waals surface area contributed by atoms with Crippen LogP contribution in [0.1, 0.15) is 19.4 Å². The summed E-state index contributed by atoms with van der Waals surface area (Å²) in [7, 11) is 0. The highest BCUT2D eigenvalue weighted by Crippen LogP contribution is 2.48. The average molecular weight is 390 g/mol. The maximum atomic E-state index is 15.0. The lowest BCUT2D eigenvalue weighted by atomic mass is 9.96. The first-order valence-corrected chi connectivity index (χ1v) is 8.99. The van der Waals surface area contributed by atoms with Crippen LogP contribution in [-0.2, 0) is 5.60 Å². The van der Waals surface area contributed by atoms with Gasteiger partial charge in [-0.2, -0.15) is 0 Å². The summed E-state index contributed by atoms with van der Waals surface area (Å²) >= 11 is 0. The van der Waals surface area contributed by atoms with Gasteiger partial charge in [0.15, 0.2) is 5.82 Å². The highest BCUT2D eigenvalue weighted by molar-refractivity contribution is 5.66. The van der Waals surface area contributed by atoms with Gasteiger partial charge in [0.05, 0.1) is 5.60 Å². The lowest BCUT2D eigenvalue weighted by Crippen LogP contribution is -2.31. The molecule has 1 saturated heterocycles. The maximum Gasteiger partial charge on any atom is 0.407 e. The van der Waals surface area contributed by atoms with E-state index in [-0.39, 0.29) is 35.1 Å². The second-order valence-electron chi connectivity index (χ2n) is 7.83. The number of piperidine rings is 1. The zero-order valence-electron chi connectivity index (χ0n) is 15.4. The second-order valence-corrected chi connectivity index (χ2v) is 7.83. The van der Waals surface area contributed by atoms with Crippen molar-refractivity contribution in [2.45, 2.75) is 25.6 Å². The smallest absolute Gasteiger partial charge is 0.407 e. The molecule has 2 aromatic rings. The van der Waals surface area contributed by atoms with Crippen molar-refractivity contribution in [1.29, 1.82) is 0 Å². The van der Waals surface area contributed by atoms with Gasteiger partial charge in [-0.3, -0.25) is 0 Å². The standard InChI is InChI=1S/C20H20F2N2O4/c1-20(2,27)14-7-15(28-18-12-8-24(19(25)26)9-13(12)18)23-17(16(14)22)10-3-5-11(21)6-4-10/h3-7,12-13,18,27H,8-9H2,1-2H3,(H,25,26)/t12-,13+,18-. The van der Waals surface area contributed by atoms with Gasteiger partial charge in [-0.25, -0.2) is 18.6 Å². The first-order valence-electron chi connectivity index (χ1n) is 8.99. The molecule has 2 heterocycles. The molecule has 2 N–H and O–H groups in total. The van der Waals surface area contributed by atoms with Gasteiger partial charge in [0.25, 0.3) is 0 Å². The fourth-order valence-corrected chi connectivity index (χ4v) is 3.75. The van der Waals surface area contributed by atoms with Crippen LogP contribution in [-0.4, -0.2) is 45.4 Å². The van der Waals surface area contributed by atoms with Crippen molar-refractivity contribution in [3.63, 3.8) is 0 Å². The van der Waals surface area contributed by atoms with Crippen molar-refractivity contribution >= 4 is 6.09 Å². The number of ether oxygens (including phenoxy) is 1. The average Bonchev–Trinajstić information content (AvgIpc) is 3.05. The predicted octanol–water partition coefficient (Wildman–Crippen LogP) is 3.24. The van der Waals surface area contributed by atoms with Gasteiger partial charge in [0.2, 0.25) is 5.88 Å². The molecule has 0 bridgehead atoms. The molecule has 8 heteroatoms. The van der Waals surface area contributed by atoms with Crippen molar-refractivity contribution in [2.75, 3.05) is 13.1 Å². The Morgan fingerprint density at radius 2 is 1.82 bits per heavy atom. The minimum absolute atomic E-state index is 0.0230. The fraction of sp³-hybridized carbons (Fsp3) is 0.400. The summed E-state index contributed by atoms with van der Waals surface area (Å²) in [5, 5.41) is 19.4. The number of carboxylic acid groups (broad SMARTS) is 1. The van der Waals surface area contributed by atoms with Gasteiger partial charge in [0, 0.05) is 42.1 Å². The van der Waals surface area contributed by atoms with E-state index in [2.05, 4.69) is 4.98 Å². The highest BCUT2D eigenvalue weighted by atomic mass is 19.1. The number of halogens is 2. The van der Waals surface area contributed by atoms with Gasteiger partial charge in [-0.05, 0) is 38.1 Å². The van der Waals surface area contributed by atoms with Crippen LogP contribution in [0.3, 0.4) is 0 Å². The molecule has 0 spiro atoms. The van der Waals surface area contributed by atoms with E-state index >= 15 is 4.39 Å². The molecule has 1 aromatic carbocycles. The van der Waals surface area contributed by atoms with Gasteiger partial charge in [-0.15, -0.1) is 0 Å². The molecule has 148 valence electrons. The monoisotopic (exact) mass is 390 g/mol. The van der Waals surface area contributed by atoms with Gasteiger partial charge >= 0.3 is 6.09 Å². The Morgan fingerprint density at radius 3 is 2.36 bits per heavy atom. The summed E-state index contributed by atoms with van der Waals surface area (Å²) in [5.74, 6) is -0.822. The number of pyridine rings is 1. The molecule has 2 fully saturated rings.